The van der Waals surface area contributed by atoms with Gasteiger partial charge < -0.3 is 9.52 Å². The highest BCUT2D eigenvalue weighted by atomic mass is 32.2. The van der Waals surface area contributed by atoms with Crippen LogP contribution >= 0.6 is 0 Å². The monoisotopic (exact) mass is 261 g/mol. The molecule has 2 unspecified atom stereocenters. The van der Waals surface area contributed by atoms with E-state index in [1.807, 2.05) is 0 Å². The molecule has 0 radical (unpaired) electrons. The van der Waals surface area contributed by atoms with Crippen LogP contribution in [0.3, 0.4) is 0 Å². The van der Waals surface area contributed by atoms with E-state index >= 15 is 0 Å². The Bertz CT molecular complexity index is 465. The summed E-state index contributed by atoms with van der Waals surface area (Å²) in [6.07, 6.45) is 1.87. The highest BCUT2D eigenvalue weighted by molar-refractivity contribution is 7.90. The third-order valence-electron chi connectivity index (χ3n) is 2.27. The van der Waals surface area contributed by atoms with Gasteiger partial charge in [-0.15, -0.1) is 0 Å². The summed E-state index contributed by atoms with van der Waals surface area (Å²) >= 11 is 0. The number of aliphatic carboxylic acids is 1. The summed E-state index contributed by atoms with van der Waals surface area (Å²) in [5.41, 5.74) is 0. The van der Waals surface area contributed by atoms with Crippen LogP contribution in [0.1, 0.15) is 19.6 Å². The van der Waals surface area contributed by atoms with Crippen molar-refractivity contribution in [3.8, 4) is 0 Å². The maximum atomic E-state index is 11.6. The second kappa shape index (κ2) is 5.33. The lowest BCUT2D eigenvalue weighted by atomic mass is 10.2. The molecular weight excluding hydrogens is 246 g/mol. The number of nitrogens with one attached hydrogen (secondary N) is 1. The van der Waals surface area contributed by atoms with Crippen LogP contribution < -0.4 is 4.72 Å². The third kappa shape index (κ3) is 3.86. The molecule has 7 heteroatoms. The fourth-order valence-corrected chi connectivity index (χ4v) is 2.40. The van der Waals surface area contributed by atoms with Crippen molar-refractivity contribution in [2.45, 2.75) is 31.6 Å². The zero-order chi connectivity index (χ0) is 13.1. The molecule has 0 aliphatic heterocycles. The Morgan fingerprint density at radius 2 is 2.18 bits per heavy atom. The van der Waals surface area contributed by atoms with Gasteiger partial charge in [0.1, 0.15) is 5.76 Å². The minimum atomic E-state index is -3.85. The van der Waals surface area contributed by atoms with Gasteiger partial charge in [-0.25, -0.2) is 13.1 Å². The molecular formula is C10H15NO5S. The minimum Gasteiger partial charge on any atom is -0.480 e. The van der Waals surface area contributed by atoms with Crippen LogP contribution in [-0.4, -0.2) is 30.8 Å². The van der Waals surface area contributed by atoms with Crippen molar-refractivity contribution in [2.24, 2.45) is 0 Å². The minimum absolute atomic E-state index is 0.374. The number of furan rings is 1. The van der Waals surface area contributed by atoms with E-state index in [4.69, 9.17) is 9.52 Å². The molecule has 0 aliphatic rings. The molecule has 1 aromatic heterocycles. The fraction of sp³-hybridized carbons (Fsp3) is 0.500. The molecule has 2 atom stereocenters. The Balaban J connectivity index is 2.62. The maximum Gasteiger partial charge on any atom is 0.323 e. The van der Waals surface area contributed by atoms with Crippen LogP contribution in [0.2, 0.25) is 0 Å². The van der Waals surface area contributed by atoms with E-state index in [1.165, 1.54) is 6.26 Å². The van der Waals surface area contributed by atoms with E-state index in [1.54, 1.807) is 19.1 Å². The molecule has 1 rings (SSSR count). The smallest absolute Gasteiger partial charge is 0.323 e. The third-order valence-corrected chi connectivity index (χ3v) is 4.13. The van der Waals surface area contributed by atoms with Crippen LogP contribution in [0, 0.1) is 0 Å². The van der Waals surface area contributed by atoms with Crippen molar-refractivity contribution in [3.63, 3.8) is 0 Å². The average molecular weight is 261 g/mol. The number of carboxylic acids is 1. The molecule has 0 spiro atoms. The van der Waals surface area contributed by atoms with Gasteiger partial charge in [0.2, 0.25) is 10.0 Å². The maximum absolute atomic E-state index is 11.6. The number of hydrogen-bond acceptors (Lipinski definition) is 4. The van der Waals surface area contributed by atoms with Gasteiger partial charge >= 0.3 is 5.97 Å². The van der Waals surface area contributed by atoms with Crippen molar-refractivity contribution >= 4 is 16.0 Å². The molecule has 0 aliphatic carbocycles. The first kappa shape index (κ1) is 13.7. The molecule has 1 aromatic rings. The summed E-state index contributed by atoms with van der Waals surface area (Å²) in [6, 6.07) is 3.01. The van der Waals surface area contributed by atoms with Gasteiger partial charge in [0, 0.05) is 12.5 Å². The molecule has 17 heavy (non-hydrogen) atoms. The van der Waals surface area contributed by atoms with Crippen LogP contribution in [0.5, 0.6) is 0 Å². The summed E-state index contributed by atoms with van der Waals surface area (Å²) < 4.78 is 30.6. The van der Waals surface area contributed by atoms with E-state index in [-0.39, 0.29) is 0 Å². The van der Waals surface area contributed by atoms with Gasteiger partial charge in [0.05, 0.1) is 6.26 Å². The molecule has 2 N–H and O–H groups in total. The molecule has 0 saturated heterocycles. The highest BCUT2D eigenvalue weighted by Gasteiger charge is 2.28. The van der Waals surface area contributed by atoms with Gasteiger partial charge in [0.25, 0.3) is 0 Å². The lowest BCUT2D eigenvalue weighted by Crippen LogP contribution is -2.42. The Morgan fingerprint density at radius 1 is 1.53 bits per heavy atom. The first-order valence-electron chi connectivity index (χ1n) is 5.09. The second-order valence-electron chi connectivity index (χ2n) is 3.83. The summed E-state index contributed by atoms with van der Waals surface area (Å²) in [4.78, 5) is 10.6. The Labute approximate surface area is 99.7 Å². The van der Waals surface area contributed by atoms with Crippen molar-refractivity contribution in [1.29, 1.82) is 0 Å². The van der Waals surface area contributed by atoms with Crippen LogP contribution in [0.4, 0.5) is 0 Å². The first-order valence-corrected chi connectivity index (χ1v) is 6.64. The molecule has 96 valence electrons. The molecule has 0 aromatic carbocycles. The molecule has 0 bridgehead atoms. The predicted molar refractivity (Wildman–Crippen MR) is 61.0 cm³/mol. The Hall–Kier alpha value is -1.34. The van der Waals surface area contributed by atoms with Crippen molar-refractivity contribution in [2.75, 3.05) is 0 Å². The molecule has 6 nitrogen and oxygen atoms in total. The van der Waals surface area contributed by atoms with E-state index in [9.17, 15) is 13.2 Å². The number of carbonyl (C=O) groups is 1. The quantitative estimate of drug-likeness (QED) is 0.781. The number of carboxylic acid groups (broad SMARTS) is 1. The van der Waals surface area contributed by atoms with Crippen LogP contribution in [-0.2, 0) is 21.2 Å². The number of rotatable bonds is 6. The fourth-order valence-electron chi connectivity index (χ4n) is 1.29. The van der Waals surface area contributed by atoms with E-state index in [0.717, 1.165) is 6.92 Å². The summed E-state index contributed by atoms with van der Waals surface area (Å²) in [5, 5.41) is 7.18. The lowest BCUT2D eigenvalue weighted by molar-refractivity contribution is -0.136. The molecule has 0 amide bonds. The molecule has 0 fully saturated rings. The molecule has 1 heterocycles. The largest absolute Gasteiger partial charge is 0.480 e. The normalized spacial score (nSPS) is 15.4. The van der Waals surface area contributed by atoms with Crippen LogP contribution in [0.15, 0.2) is 22.8 Å². The predicted octanol–water partition coefficient (Wildman–Crippen LogP) is 0.603. The molecule has 0 saturated carbocycles. The average Bonchev–Trinajstić information content (AvgIpc) is 2.67. The number of hydrogen-bond donors (Lipinski definition) is 2. The van der Waals surface area contributed by atoms with Gasteiger partial charge in [-0.2, -0.15) is 0 Å². The Morgan fingerprint density at radius 3 is 2.65 bits per heavy atom. The number of sulfonamides is 1. The SMILES string of the molecule is CC(Cc1ccco1)NS(=O)(=O)C(C)C(=O)O. The lowest BCUT2D eigenvalue weighted by Gasteiger charge is -2.15. The van der Waals surface area contributed by atoms with Crippen LogP contribution in [0.25, 0.3) is 0 Å². The summed E-state index contributed by atoms with van der Waals surface area (Å²) in [5.74, 6) is -0.731. The van der Waals surface area contributed by atoms with Crippen molar-refractivity contribution < 1.29 is 22.7 Å². The Kier molecular flexibility index (Phi) is 4.30. The van der Waals surface area contributed by atoms with Gasteiger partial charge in [-0.1, -0.05) is 0 Å². The van der Waals surface area contributed by atoms with E-state index in [0.29, 0.717) is 12.2 Å². The van der Waals surface area contributed by atoms with E-state index < -0.39 is 27.3 Å². The zero-order valence-electron chi connectivity index (χ0n) is 9.58. The topological polar surface area (TPSA) is 96.6 Å². The zero-order valence-corrected chi connectivity index (χ0v) is 10.4. The first-order chi connectivity index (χ1) is 7.83. The summed E-state index contributed by atoms with van der Waals surface area (Å²) in [6.45, 7) is 2.78. The van der Waals surface area contributed by atoms with Gasteiger partial charge in [-0.3, -0.25) is 4.79 Å². The van der Waals surface area contributed by atoms with Crippen molar-refractivity contribution in [3.05, 3.63) is 24.2 Å². The summed E-state index contributed by atoms with van der Waals surface area (Å²) in [7, 11) is -3.85. The second-order valence-corrected chi connectivity index (χ2v) is 5.86. The van der Waals surface area contributed by atoms with E-state index in [2.05, 4.69) is 4.72 Å². The van der Waals surface area contributed by atoms with Gasteiger partial charge in [-0.05, 0) is 26.0 Å². The van der Waals surface area contributed by atoms with Gasteiger partial charge in [0.15, 0.2) is 5.25 Å². The van der Waals surface area contributed by atoms with Crippen molar-refractivity contribution in [1.82, 2.24) is 4.72 Å². The standard InChI is InChI=1S/C10H15NO5S/c1-7(6-9-4-3-5-16-9)11-17(14,15)8(2)10(12)13/h3-5,7-8,11H,6H2,1-2H3,(H,12,13). The highest BCUT2D eigenvalue weighted by Crippen LogP contribution is 2.06.